The van der Waals surface area contributed by atoms with Crippen LogP contribution in [0.2, 0.25) is 0 Å². The Kier molecular flexibility index (Phi) is 2.61. The number of rotatable bonds is 4. The van der Waals surface area contributed by atoms with Crippen LogP contribution in [0, 0.1) is 0 Å². The Morgan fingerprint density at radius 1 is 1.58 bits per heavy atom. The quantitative estimate of drug-likeness (QED) is 0.414. The lowest BCUT2D eigenvalue weighted by molar-refractivity contribution is 0.187. The smallest absolute Gasteiger partial charge is 0.211 e. The highest BCUT2D eigenvalue weighted by molar-refractivity contribution is 5.17. The van der Waals surface area contributed by atoms with Gasteiger partial charge in [-0.05, 0) is 11.1 Å². The monoisotopic (exact) mass is 165 g/mol. The van der Waals surface area contributed by atoms with Crippen molar-refractivity contribution in [2.75, 3.05) is 6.54 Å². The molecule has 1 N–H and O–H groups in total. The van der Waals surface area contributed by atoms with Gasteiger partial charge in [-0.1, -0.05) is 35.4 Å². The zero-order valence-electron chi connectivity index (χ0n) is 7.42. The van der Waals surface area contributed by atoms with E-state index in [0.29, 0.717) is 0 Å². The molecular weight excluding hydrogens is 154 g/mol. The molecule has 0 aliphatic heterocycles. The number of azide groups is 1. The van der Waals surface area contributed by atoms with Gasteiger partial charge in [0.2, 0.25) is 1.43 Å². The van der Waals surface area contributed by atoms with Gasteiger partial charge in [0.05, 0.1) is 12.6 Å². The van der Waals surface area contributed by atoms with Crippen LogP contribution >= 0.6 is 0 Å². The molecule has 0 unspecified atom stereocenters. The average Bonchev–Trinajstić information content (AvgIpc) is 2.21. The van der Waals surface area contributed by atoms with Gasteiger partial charge in [-0.3, -0.25) is 0 Å². The molecule has 0 spiro atoms. The molecule has 0 saturated heterocycles. The van der Waals surface area contributed by atoms with Crippen molar-refractivity contribution < 1.29 is 5.11 Å². The zero-order chi connectivity index (χ0) is 9.52. The number of aliphatic hydroxyl groups is 1. The van der Waals surface area contributed by atoms with E-state index in [1.165, 1.54) is 0 Å². The highest BCUT2D eigenvalue weighted by Gasteiger charge is 2.03. The lowest BCUT2D eigenvalue weighted by Crippen LogP contribution is -1.99. The molecule has 0 aliphatic carbocycles. The van der Waals surface area contributed by atoms with E-state index in [-0.39, 0.29) is 6.54 Å². The molecule has 0 aliphatic rings. The van der Waals surface area contributed by atoms with Crippen molar-refractivity contribution in [2.45, 2.75) is 6.10 Å². The summed E-state index contributed by atoms with van der Waals surface area (Å²) in [6.45, 7) is 0.143. The molecule has 1 atom stereocenters. The van der Waals surface area contributed by atoms with Gasteiger partial charge in [0.25, 0.3) is 0 Å². The molecule has 0 saturated carbocycles. The first-order chi connectivity index (χ1) is 6.38. The van der Waals surface area contributed by atoms with Crippen molar-refractivity contribution in [3.05, 3.63) is 46.3 Å². The number of nitrogens with zero attached hydrogens (tertiary/aromatic N) is 3. The molecule has 0 bridgehead atoms. The summed E-state index contributed by atoms with van der Waals surface area (Å²) in [6.07, 6.45) is -0.475. The third-order valence-electron chi connectivity index (χ3n) is 1.48. The van der Waals surface area contributed by atoms with E-state index in [1.807, 2.05) is 30.3 Å². The van der Waals surface area contributed by atoms with E-state index in [4.69, 9.17) is 6.96 Å². The third kappa shape index (κ3) is 2.27. The summed E-state index contributed by atoms with van der Waals surface area (Å²) >= 11 is 0. The van der Waals surface area contributed by atoms with Crippen LogP contribution in [-0.2, 0) is 0 Å². The van der Waals surface area contributed by atoms with Gasteiger partial charge in [0.15, 0.2) is 0 Å². The number of hydrogen-bond acceptors (Lipinski definition) is 2. The summed E-state index contributed by atoms with van der Waals surface area (Å²) in [5.74, 6) is 0. The minimum atomic E-state index is -0.475. The van der Waals surface area contributed by atoms with Crippen LogP contribution in [0.25, 0.3) is 10.4 Å². The summed E-state index contributed by atoms with van der Waals surface area (Å²) in [5, 5.41) is 7.78. The molecule has 0 aromatic heterocycles. The number of benzene rings is 1. The van der Waals surface area contributed by atoms with Crippen LogP contribution in [-0.4, -0.2) is 13.1 Å². The van der Waals surface area contributed by atoms with Gasteiger partial charge < -0.3 is 5.11 Å². The summed E-state index contributed by atoms with van der Waals surface area (Å²) in [5.41, 5.74) is 8.94. The van der Waals surface area contributed by atoms with E-state index in [2.05, 4.69) is 15.1 Å². The van der Waals surface area contributed by atoms with Crippen LogP contribution in [0.5, 0.6) is 0 Å². The van der Waals surface area contributed by atoms with E-state index in [1.54, 1.807) is 0 Å². The average molecular weight is 165 g/mol. The highest BCUT2D eigenvalue weighted by atomic mass is 16.3. The Morgan fingerprint density at radius 3 is 2.92 bits per heavy atom. The van der Waals surface area contributed by atoms with Crippen LogP contribution in [0.15, 0.2) is 35.4 Å². The first-order valence-electron chi connectivity index (χ1n) is 3.97. The summed E-state index contributed by atoms with van der Waals surface area (Å²) < 4.78 is 6.79. The number of aliphatic hydroxyl groups excluding tert-OH is 1. The molecule has 4 heteroatoms. The third-order valence-corrected chi connectivity index (χ3v) is 1.48. The molecule has 0 radical (unpaired) electrons. The molecule has 4 nitrogen and oxygen atoms in total. The maximum absolute atomic E-state index is 8.10. The van der Waals surface area contributed by atoms with Gasteiger partial charge in [-0.2, -0.15) is 0 Å². The van der Waals surface area contributed by atoms with Gasteiger partial charge >= 0.3 is 0 Å². The molecule has 1 rings (SSSR count). The molecule has 62 valence electrons. The maximum Gasteiger partial charge on any atom is 0.211 e. The second kappa shape index (κ2) is 4.38. The van der Waals surface area contributed by atoms with E-state index < -0.39 is 6.10 Å². The first kappa shape index (κ1) is 7.16. The van der Waals surface area contributed by atoms with Crippen molar-refractivity contribution >= 4 is 0 Å². The van der Waals surface area contributed by atoms with E-state index >= 15 is 0 Å². The van der Waals surface area contributed by atoms with Crippen molar-refractivity contribution in [3.8, 4) is 0 Å². The predicted octanol–water partition coefficient (Wildman–Crippen LogP) is 2.03. The minimum Gasteiger partial charge on any atom is -0.388 e. The van der Waals surface area contributed by atoms with Gasteiger partial charge in [-0.15, -0.1) is 0 Å². The highest BCUT2D eigenvalue weighted by Crippen LogP contribution is 2.11. The first-order valence-corrected chi connectivity index (χ1v) is 3.56. The largest absolute Gasteiger partial charge is 0.388 e. The van der Waals surface area contributed by atoms with E-state index in [9.17, 15) is 0 Å². The van der Waals surface area contributed by atoms with Crippen LogP contribution in [0.1, 0.15) is 11.7 Å². The maximum atomic E-state index is 8.10. The van der Waals surface area contributed by atoms with Crippen LogP contribution in [0.4, 0.5) is 0 Å². The zero-order valence-corrected chi connectivity index (χ0v) is 6.42. The summed E-state index contributed by atoms with van der Waals surface area (Å²) in [7, 11) is 0. The fourth-order valence-corrected chi connectivity index (χ4v) is 0.884. The van der Waals surface area contributed by atoms with Crippen molar-refractivity contribution in [1.82, 2.24) is 0 Å². The van der Waals surface area contributed by atoms with Gasteiger partial charge in [0.1, 0.15) is 0 Å². The molecule has 0 heterocycles. The normalized spacial score (nSPS) is 12.8. The molecule has 0 fully saturated rings. The van der Waals surface area contributed by atoms with Gasteiger partial charge in [0, 0.05) is 4.91 Å². The standard InChI is InChI=1S/C8H9N3O/c9-11-10-6-8(12)7-4-2-1-3-5-7/h1-5,8,12H,6H2/t8-/m0/s1/i12T. The molecule has 0 amide bonds. The Bertz CT molecular complexity index is 298. The summed E-state index contributed by atoms with van der Waals surface area (Å²) in [4.78, 5) is 2.61. The Hall–Kier alpha value is -1.51. The Labute approximate surface area is 71.6 Å². The Balaban J connectivity index is 2.72. The van der Waals surface area contributed by atoms with E-state index in [0.717, 1.165) is 5.56 Å². The predicted molar refractivity (Wildman–Crippen MR) is 45.4 cm³/mol. The molecule has 1 aromatic carbocycles. The van der Waals surface area contributed by atoms with Gasteiger partial charge in [-0.25, -0.2) is 0 Å². The summed E-state index contributed by atoms with van der Waals surface area (Å²) in [6, 6.07) is 9.21. The number of hydrogen-bond donors (Lipinski definition) is 1. The SMILES string of the molecule is [3H]O[C@@H](CN=[N+]=[N-])c1ccccc1. The van der Waals surface area contributed by atoms with Crippen LogP contribution in [0.3, 0.4) is 0 Å². The second-order valence-electron chi connectivity index (χ2n) is 2.31. The molecule has 1 aromatic rings. The fraction of sp³-hybridized carbons (Fsp3) is 0.250. The topological polar surface area (TPSA) is 69.0 Å². The lowest BCUT2D eigenvalue weighted by Gasteiger charge is -2.05. The van der Waals surface area contributed by atoms with Crippen molar-refractivity contribution in [2.24, 2.45) is 5.11 Å². The second-order valence-corrected chi connectivity index (χ2v) is 2.31. The molecule has 12 heavy (non-hydrogen) atoms. The fourth-order valence-electron chi connectivity index (χ4n) is 0.884. The minimum absolute atomic E-state index is 0.143. The Morgan fingerprint density at radius 2 is 2.33 bits per heavy atom. The van der Waals surface area contributed by atoms with Crippen molar-refractivity contribution in [1.29, 1.82) is 1.43 Å². The van der Waals surface area contributed by atoms with Crippen molar-refractivity contribution in [3.63, 3.8) is 0 Å². The lowest BCUT2D eigenvalue weighted by atomic mass is 10.1. The van der Waals surface area contributed by atoms with Crippen LogP contribution < -0.4 is 0 Å². The molecular formula is C8H9N3O.